The minimum atomic E-state index is -0.187. The van der Waals surface area contributed by atoms with E-state index in [1.54, 1.807) is 24.4 Å². The van der Waals surface area contributed by atoms with Crippen LogP contribution in [0.4, 0.5) is 0 Å². The van der Waals surface area contributed by atoms with Gasteiger partial charge < -0.3 is 20.4 Å². The van der Waals surface area contributed by atoms with Crippen LogP contribution in [0.25, 0.3) is 10.9 Å². The van der Waals surface area contributed by atoms with Gasteiger partial charge in [0, 0.05) is 17.8 Å². The number of nitrogens with zero attached hydrogens (tertiary/aromatic N) is 2. The van der Waals surface area contributed by atoms with Crippen LogP contribution in [-0.2, 0) is 13.2 Å². The number of benzene rings is 1. The van der Waals surface area contributed by atoms with Crippen molar-refractivity contribution in [2.45, 2.75) is 32.9 Å². The molecule has 1 fully saturated rings. The Bertz CT molecular complexity index is 1080. The number of hydrogen-bond donors (Lipinski definition) is 3. The summed E-state index contributed by atoms with van der Waals surface area (Å²) < 4.78 is 5.80. The summed E-state index contributed by atoms with van der Waals surface area (Å²) in [5, 5.41) is 8.09. The first-order valence-electron chi connectivity index (χ1n) is 10.3. The molecule has 1 aliphatic rings. The molecule has 0 spiro atoms. The molecule has 8 heteroatoms. The summed E-state index contributed by atoms with van der Waals surface area (Å²) >= 11 is 6.06. The predicted octanol–water partition coefficient (Wildman–Crippen LogP) is 2.95. The number of aromatic nitrogens is 3. The Balaban J connectivity index is 1.48. The topological polar surface area (TPSA) is 91.9 Å². The number of fused-ring (bicyclic) bond motifs is 1. The average Bonchev–Trinajstić information content (AvgIpc) is 2.76. The molecule has 1 aromatic carbocycles. The Morgan fingerprint density at radius 3 is 2.90 bits per heavy atom. The molecule has 0 atom stereocenters. The summed E-state index contributed by atoms with van der Waals surface area (Å²) in [7, 11) is 0. The zero-order chi connectivity index (χ0) is 20.9. The Morgan fingerprint density at radius 2 is 2.10 bits per heavy atom. The monoisotopic (exact) mass is 427 g/mol. The van der Waals surface area contributed by atoms with Crippen molar-refractivity contribution in [3.05, 3.63) is 62.9 Å². The fourth-order valence-electron chi connectivity index (χ4n) is 3.70. The van der Waals surface area contributed by atoms with Gasteiger partial charge in [0.25, 0.3) is 5.56 Å². The van der Waals surface area contributed by atoms with E-state index in [0.29, 0.717) is 40.0 Å². The van der Waals surface area contributed by atoms with Crippen molar-refractivity contribution in [1.29, 1.82) is 0 Å². The standard InChI is InChI=1S/C22H26ClN5O2/c1-14-10-16(2-3-18(14)23)30-13-20-27-21-17(22(29)28-20)6-9-26-19(21)12-25-11-15-4-7-24-8-5-15/h2-3,6,9-10,15,24-25H,4-5,7-8,11-13H2,1H3,(H,27,28,29). The Labute approximate surface area is 180 Å². The molecule has 3 heterocycles. The van der Waals surface area contributed by atoms with Gasteiger partial charge in [-0.15, -0.1) is 0 Å². The molecule has 2 aromatic heterocycles. The van der Waals surface area contributed by atoms with Crippen LogP contribution < -0.4 is 20.9 Å². The second-order valence-electron chi connectivity index (χ2n) is 7.69. The first kappa shape index (κ1) is 20.8. The van der Waals surface area contributed by atoms with Gasteiger partial charge in [0.1, 0.15) is 23.7 Å². The molecule has 158 valence electrons. The van der Waals surface area contributed by atoms with Crippen LogP contribution in [-0.4, -0.2) is 34.6 Å². The lowest BCUT2D eigenvalue weighted by Gasteiger charge is -2.22. The Hall–Kier alpha value is -2.48. The Morgan fingerprint density at radius 1 is 1.27 bits per heavy atom. The third kappa shape index (κ3) is 4.98. The Kier molecular flexibility index (Phi) is 6.62. The number of aryl methyl sites for hydroxylation is 1. The van der Waals surface area contributed by atoms with Gasteiger partial charge >= 0.3 is 0 Å². The van der Waals surface area contributed by atoms with Gasteiger partial charge in [-0.1, -0.05) is 11.6 Å². The van der Waals surface area contributed by atoms with E-state index in [1.807, 2.05) is 13.0 Å². The van der Waals surface area contributed by atoms with Crippen molar-refractivity contribution in [3.8, 4) is 5.75 Å². The molecule has 0 aliphatic carbocycles. The van der Waals surface area contributed by atoms with Crippen molar-refractivity contribution in [3.63, 3.8) is 0 Å². The fourth-order valence-corrected chi connectivity index (χ4v) is 3.82. The highest BCUT2D eigenvalue weighted by Crippen LogP contribution is 2.21. The quantitative estimate of drug-likeness (QED) is 0.537. The van der Waals surface area contributed by atoms with E-state index in [1.165, 1.54) is 12.8 Å². The molecule has 3 aromatic rings. The molecule has 0 bridgehead atoms. The number of halogens is 1. The minimum Gasteiger partial charge on any atom is -0.486 e. The highest BCUT2D eigenvalue weighted by Gasteiger charge is 2.14. The largest absolute Gasteiger partial charge is 0.486 e. The lowest BCUT2D eigenvalue weighted by molar-refractivity contribution is 0.296. The van der Waals surface area contributed by atoms with Crippen molar-refractivity contribution >= 4 is 22.5 Å². The highest BCUT2D eigenvalue weighted by molar-refractivity contribution is 6.31. The second kappa shape index (κ2) is 9.55. The normalized spacial score (nSPS) is 14.9. The molecule has 0 saturated carbocycles. The van der Waals surface area contributed by atoms with E-state index in [-0.39, 0.29) is 12.2 Å². The van der Waals surface area contributed by atoms with Crippen LogP contribution in [0.1, 0.15) is 29.9 Å². The van der Waals surface area contributed by atoms with E-state index in [0.717, 1.165) is 30.9 Å². The van der Waals surface area contributed by atoms with E-state index < -0.39 is 0 Å². The number of aromatic amines is 1. The number of ether oxygens (including phenoxy) is 1. The summed E-state index contributed by atoms with van der Waals surface area (Å²) in [6.45, 7) is 5.74. The van der Waals surface area contributed by atoms with Crippen LogP contribution in [0.3, 0.4) is 0 Å². The number of H-pyrrole nitrogens is 1. The van der Waals surface area contributed by atoms with Gasteiger partial charge in [0.2, 0.25) is 0 Å². The number of rotatable bonds is 7. The van der Waals surface area contributed by atoms with Gasteiger partial charge in [-0.2, -0.15) is 0 Å². The zero-order valence-electron chi connectivity index (χ0n) is 17.0. The molecule has 0 unspecified atom stereocenters. The van der Waals surface area contributed by atoms with Crippen LogP contribution in [0.5, 0.6) is 5.75 Å². The van der Waals surface area contributed by atoms with Crippen LogP contribution in [0, 0.1) is 12.8 Å². The van der Waals surface area contributed by atoms with Crippen molar-refractivity contribution < 1.29 is 4.74 Å². The maximum absolute atomic E-state index is 12.6. The average molecular weight is 428 g/mol. The maximum Gasteiger partial charge on any atom is 0.258 e. The van der Waals surface area contributed by atoms with E-state index in [2.05, 4.69) is 25.6 Å². The molecule has 1 saturated heterocycles. The van der Waals surface area contributed by atoms with Crippen LogP contribution >= 0.6 is 11.6 Å². The van der Waals surface area contributed by atoms with Gasteiger partial charge in [-0.3, -0.25) is 9.78 Å². The summed E-state index contributed by atoms with van der Waals surface area (Å²) in [6.07, 6.45) is 4.02. The summed E-state index contributed by atoms with van der Waals surface area (Å²) in [6, 6.07) is 7.15. The molecule has 7 nitrogen and oxygen atoms in total. The molecule has 4 rings (SSSR count). The minimum absolute atomic E-state index is 0.156. The van der Waals surface area contributed by atoms with E-state index >= 15 is 0 Å². The van der Waals surface area contributed by atoms with Crippen LogP contribution in [0.2, 0.25) is 5.02 Å². The molecular weight excluding hydrogens is 402 g/mol. The van der Waals surface area contributed by atoms with Crippen molar-refractivity contribution in [1.82, 2.24) is 25.6 Å². The van der Waals surface area contributed by atoms with Crippen molar-refractivity contribution in [2.75, 3.05) is 19.6 Å². The van der Waals surface area contributed by atoms with E-state index in [9.17, 15) is 4.79 Å². The van der Waals surface area contributed by atoms with Gasteiger partial charge in [-0.05, 0) is 75.1 Å². The third-order valence-electron chi connectivity index (χ3n) is 5.44. The predicted molar refractivity (Wildman–Crippen MR) is 118 cm³/mol. The highest BCUT2D eigenvalue weighted by atomic mass is 35.5. The smallest absolute Gasteiger partial charge is 0.258 e. The van der Waals surface area contributed by atoms with Gasteiger partial charge in [-0.25, -0.2) is 4.98 Å². The number of hydrogen-bond acceptors (Lipinski definition) is 6. The third-order valence-corrected chi connectivity index (χ3v) is 5.86. The van der Waals surface area contributed by atoms with Crippen LogP contribution in [0.15, 0.2) is 35.3 Å². The lowest BCUT2D eigenvalue weighted by atomic mass is 9.98. The van der Waals surface area contributed by atoms with E-state index in [4.69, 9.17) is 16.3 Å². The molecule has 3 N–H and O–H groups in total. The lowest BCUT2D eigenvalue weighted by Crippen LogP contribution is -2.33. The number of piperidine rings is 1. The molecule has 1 aliphatic heterocycles. The second-order valence-corrected chi connectivity index (χ2v) is 8.10. The van der Waals surface area contributed by atoms with Gasteiger partial charge in [0.15, 0.2) is 0 Å². The SMILES string of the molecule is Cc1cc(OCc2nc3c(CNCC4CCNCC4)nccc3c(=O)[nH]2)ccc1Cl. The van der Waals surface area contributed by atoms with Crippen molar-refractivity contribution in [2.24, 2.45) is 5.92 Å². The fraction of sp³-hybridized carbons (Fsp3) is 0.409. The molecular formula is C22H26ClN5O2. The molecule has 30 heavy (non-hydrogen) atoms. The molecule has 0 amide bonds. The number of pyridine rings is 1. The van der Waals surface area contributed by atoms with Gasteiger partial charge in [0.05, 0.1) is 11.1 Å². The zero-order valence-corrected chi connectivity index (χ0v) is 17.8. The summed E-state index contributed by atoms with van der Waals surface area (Å²) in [4.78, 5) is 24.5. The molecule has 0 radical (unpaired) electrons. The summed E-state index contributed by atoms with van der Waals surface area (Å²) in [5.74, 6) is 1.81. The first-order chi connectivity index (χ1) is 14.6. The number of nitrogens with one attached hydrogen (secondary N) is 3. The summed E-state index contributed by atoms with van der Waals surface area (Å²) in [5.41, 5.74) is 2.13. The first-order valence-corrected chi connectivity index (χ1v) is 10.6. The maximum atomic E-state index is 12.6.